The molecule has 2 aromatic rings. The highest BCUT2D eigenvalue weighted by molar-refractivity contribution is 8.04. The number of hydrogen-bond acceptors (Lipinski definition) is 7. The summed E-state index contributed by atoms with van der Waals surface area (Å²) in [4.78, 5) is 26.5. The van der Waals surface area contributed by atoms with Crippen LogP contribution in [0.25, 0.3) is 10.8 Å². The fourth-order valence-corrected chi connectivity index (χ4v) is 7.23. The maximum absolute atomic E-state index is 13.2. The lowest BCUT2D eigenvalue weighted by atomic mass is 9.64. The number of benzene rings is 2. The Morgan fingerprint density at radius 2 is 1.79 bits per heavy atom. The number of anilines is 1. The van der Waals surface area contributed by atoms with Crippen molar-refractivity contribution in [3.8, 4) is 0 Å². The minimum atomic E-state index is -3.83. The van der Waals surface area contributed by atoms with Crippen LogP contribution in [0.4, 0.5) is 5.69 Å². The second-order valence-electron chi connectivity index (χ2n) is 10.5. The molecule has 10 heteroatoms. The van der Waals surface area contributed by atoms with E-state index in [4.69, 9.17) is 5.11 Å². The Morgan fingerprint density at radius 1 is 1.15 bits per heavy atom. The van der Waals surface area contributed by atoms with Crippen molar-refractivity contribution in [2.45, 2.75) is 44.6 Å². The number of carboxylic acid groups (broad SMARTS) is 1. The molecule has 3 rings (SSSR count). The van der Waals surface area contributed by atoms with Gasteiger partial charge in [0.25, 0.3) is 0 Å². The monoisotopic (exact) mass is 572 g/mol. The smallest absolute Gasteiger partial charge is 0.328 e. The van der Waals surface area contributed by atoms with Crippen molar-refractivity contribution in [1.82, 2.24) is 4.72 Å². The first kappa shape index (κ1) is 30.6. The summed E-state index contributed by atoms with van der Waals surface area (Å²) in [6.45, 7) is 6.96. The largest absolute Gasteiger partial charge is 0.478 e. The fraction of sp³-hybridized carbons (Fsp3) is 0.379. The standard InChI is InChI=1S/C29H36N2O6S2/c1-19(17-26(33)34)13-14-29(35)20(2)27(24(32)18-28(29,3)4)38-16-15-30-39(36,37)25-12-8-9-21-22(25)10-7-11-23(21)31(5)6/h7-14,17,30,35H,15-16,18H2,1-6H3,(H,33,34)/b14-13+,19-17-/t29-/m1/s1. The Balaban J connectivity index is 1.80. The number of aliphatic hydroxyl groups is 1. The van der Waals surface area contributed by atoms with E-state index in [-0.39, 0.29) is 29.4 Å². The first-order valence-corrected chi connectivity index (χ1v) is 15.0. The number of fused-ring (bicyclic) bond motifs is 1. The summed E-state index contributed by atoms with van der Waals surface area (Å²) in [5, 5.41) is 22.1. The van der Waals surface area contributed by atoms with Gasteiger partial charge in [0.05, 0.1) is 9.80 Å². The van der Waals surface area contributed by atoms with Gasteiger partial charge >= 0.3 is 5.97 Å². The third-order valence-electron chi connectivity index (χ3n) is 7.01. The predicted octanol–water partition coefficient (Wildman–Crippen LogP) is 4.51. The minimum absolute atomic E-state index is 0.0823. The average Bonchev–Trinajstić information content (AvgIpc) is 2.84. The summed E-state index contributed by atoms with van der Waals surface area (Å²) in [6.07, 6.45) is 4.21. The van der Waals surface area contributed by atoms with Crippen LogP contribution in [-0.2, 0) is 19.6 Å². The maximum Gasteiger partial charge on any atom is 0.328 e. The summed E-state index contributed by atoms with van der Waals surface area (Å²) in [5.41, 5.74) is -0.480. The molecule has 8 nitrogen and oxygen atoms in total. The number of nitrogens with zero attached hydrogens (tertiary/aromatic N) is 1. The van der Waals surface area contributed by atoms with E-state index in [9.17, 15) is 23.1 Å². The molecule has 0 radical (unpaired) electrons. The Labute approximate surface area is 234 Å². The number of nitrogens with one attached hydrogen (secondary N) is 1. The van der Waals surface area contributed by atoms with E-state index in [0.717, 1.165) is 17.1 Å². The molecule has 1 atom stereocenters. The van der Waals surface area contributed by atoms with E-state index in [1.807, 2.05) is 37.2 Å². The van der Waals surface area contributed by atoms with E-state index in [0.29, 0.717) is 21.4 Å². The Kier molecular flexibility index (Phi) is 9.16. The number of hydrogen-bond donors (Lipinski definition) is 3. The molecule has 210 valence electrons. The number of aliphatic carboxylic acids is 1. The SMILES string of the molecule is CC1=C(SCCNS(=O)(=O)c2cccc3c(N(C)C)cccc23)C(=O)CC(C)(C)[C@@]1(O)/C=C/C(C)=C\C(=O)O. The van der Waals surface area contributed by atoms with Crippen LogP contribution in [0.2, 0.25) is 0 Å². The van der Waals surface area contributed by atoms with Crippen LogP contribution < -0.4 is 9.62 Å². The highest BCUT2D eigenvalue weighted by Crippen LogP contribution is 2.48. The molecule has 0 heterocycles. The molecule has 0 fully saturated rings. The van der Waals surface area contributed by atoms with Gasteiger partial charge in [-0.2, -0.15) is 0 Å². The van der Waals surface area contributed by atoms with Crippen LogP contribution in [0, 0.1) is 5.41 Å². The van der Waals surface area contributed by atoms with Crippen molar-refractivity contribution >= 4 is 50.0 Å². The third-order valence-corrected chi connectivity index (χ3v) is 9.76. The van der Waals surface area contributed by atoms with Gasteiger partial charge in [-0.05, 0) is 43.2 Å². The van der Waals surface area contributed by atoms with E-state index < -0.39 is 27.0 Å². The van der Waals surface area contributed by atoms with Crippen molar-refractivity contribution < 1.29 is 28.2 Å². The van der Waals surface area contributed by atoms with Crippen molar-refractivity contribution in [2.75, 3.05) is 31.3 Å². The lowest BCUT2D eigenvalue weighted by Crippen LogP contribution is -2.49. The van der Waals surface area contributed by atoms with E-state index >= 15 is 0 Å². The molecule has 3 N–H and O–H groups in total. The van der Waals surface area contributed by atoms with Crippen LogP contribution in [0.3, 0.4) is 0 Å². The molecular formula is C29H36N2O6S2. The van der Waals surface area contributed by atoms with Gasteiger partial charge < -0.3 is 15.1 Å². The van der Waals surface area contributed by atoms with Gasteiger partial charge in [0.1, 0.15) is 5.60 Å². The molecule has 1 aliphatic carbocycles. The van der Waals surface area contributed by atoms with Crippen molar-refractivity contribution in [1.29, 1.82) is 0 Å². The number of rotatable bonds is 10. The number of sulfonamides is 1. The molecule has 0 saturated heterocycles. The number of Topliss-reactive ketones (excluding diaryl/α,β-unsaturated/α-hetero) is 1. The first-order valence-electron chi connectivity index (χ1n) is 12.5. The zero-order chi connectivity index (χ0) is 29.2. The molecule has 0 unspecified atom stereocenters. The number of carbonyl (C=O) groups excluding carboxylic acids is 1. The van der Waals surface area contributed by atoms with Gasteiger partial charge in [-0.3, -0.25) is 4.79 Å². The van der Waals surface area contributed by atoms with Gasteiger partial charge in [-0.25, -0.2) is 17.9 Å². The van der Waals surface area contributed by atoms with Gasteiger partial charge in [-0.15, -0.1) is 11.8 Å². The van der Waals surface area contributed by atoms with Crippen molar-refractivity contribution in [3.63, 3.8) is 0 Å². The highest BCUT2D eigenvalue weighted by atomic mass is 32.2. The second-order valence-corrected chi connectivity index (χ2v) is 13.4. The molecule has 2 aromatic carbocycles. The molecule has 0 saturated carbocycles. The van der Waals surface area contributed by atoms with Crippen molar-refractivity contribution in [2.24, 2.45) is 5.41 Å². The predicted molar refractivity (Wildman–Crippen MR) is 158 cm³/mol. The zero-order valence-corrected chi connectivity index (χ0v) is 24.7. The van der Waals surface area contributed by atoms with Crippen LogP contribution in [0.15, 0.2) is 75.6 Å². The van der Waals surface area contributed by atoms with Crippen LogP contribution in [-0.4, -0.2) is 62.4 Å². The van der Waals surface area contributed by atoms with Gasteiger partial charge in [0, 0.05) is 60.8 Å². The molecule has 39 heavy (non-hydrogen) atoms. The molecule has 0 amide bonds. The second kappa shape index (κ2) is 11.7. The molecule has 0 aromatic heterocycles. The molecule has 0 bridgehead atoms. The lowest BCUT2D eigenvalue weighted by Gasteiger charge is -2.45. The quantitative estimate of drug-likeness (QED) is 0.216. The van der Waals surface area contributed by atoms with Crippen LogP contribution in [0.1, 0.15) is 34.1 Å². The number of carboxylic acids is 1. The van der Waals surface area contributed by atoms with Crippen molar-refractivity contribution in [3.05, 3.63) is 70.7 Å². The normalized spacial score (nSPS) is 20.2. The van der Waals surface area contributed by atoms with Gasteiger partial charge in [0.2, 0.25) is 10.0 Å². The van der Waals surface area contributed by atoms with E-state index in [1.165, 1.54) is 23.9 Å². The maximum atomic E-state index is 13.2. The first-order chi connectivity index (χ1) is 18.1. The zero-order valence-electron chi connectivity index (χ0n) is 23.1. The Morgan fingerprint density at radius 3 is 2.44 bits per heavy atom. The number of thioether (sulfide) groups is 1. The van der Waals surface area contributed by atoms with Gasteiger partial charge in [-0.1, -0.05) is 44.2 Å². The number of ketones is 1. The summed E-state index contributed by atoms with van der Waals surface area (Å²) in [5.74, 6) is -0.926. The van der Waals surface area contributed by atoms with E-state index in [1.54, 1.807) is 45.9 Å². The highest BCUT2D eigenvalue weighted by Gasteiger charge is 2.49. The third kappa shape index (κ3) is 6.46. The Hall–Kier alpha value is -2.92. The summed E-state index contributed by atoms with van der Waals surface area (Å²) in [7, 11) is -0.0199. The number of allylic oxidation sites excluding steroid dienone is 3. The molecule has 0 aliphatic heterocycles. The molecule has 1 aliphatic rings. The van der Waals surface area contributed by atoms with E-state index in [2.05, 4.69) is 4.72 Å². The van der Waals surface area contributed by atoms with Gasteiger partial charge in [0.15, 0.2) is 5.78 Å². The topological polar surface area (TPSA) is 124 Å². The molecular weight excluding hydrogens is 536 g/mol. The van der Waals surface area contributed by atoms with Crippen LogP contribution >= 0.6 is 11.8 Å². The number of carbonyl (C=O) groups is 2. The summed E-state index contributed by atoms with van der Waals surface area (Å²) >= 11 is 1.20. The summed E-state index contributed by atoms with van der Waals surface area (Å²) in [6, 6.07) is 10.7. The summed E-state index contributed by atoms with van der Waals surface area (Å²) < 4.78 is 29.1. The minimum Gasteiger partial charge on any atom is -0.478 e. The lowest BCUT2D eigenvalue weighted by molar-refractivity contribution is -0.131. The fourth-order valence-electron chi connectivity index (χ4n) is 4.84. The molecule has 0 spiro atoms. The van der Waals surface area contributed by atoms with Crippen LogP contribution in [0.5, 0.6) is 0 Å². The Bertz CT molecular complexity index is 1490. The average molecular weight is 573 g/mol.